The van der Waals surface area contributed by atoms with E-state index in [0.29, 0.717) is 24.7 Å². The fraction of sp³-hybridized carbons (Fsp3) is 0.421. The zero-order valence-corrected chi connectivity index (χ0v) is 15.2. The molecule has 1 aliphatic heterocycles. The first-order valence-electron chi connectivity index (χ1n) is 8.51. The third-order valence-electron chi connectivity index (χ3n) is 4.75. The third kappa shape index (κ3) is 4.63. The maximum atomic E-state index is 12.1. The SMILES string of the molecule is CC1(CN)CCN(CC(=O)NCc2ccc(-c3ccc(Cl)cc3)o2)C1. The van der Waals surface area contributed by atoms with E-state index in [9.17, 15) is 4.79 Å². The van der Waals surface area contributed by atoms with E-state index in [-0.39, 0.29) is 11.3 Å². The van der Waals surface area contributed by atoms with Gasteiger partial charge in [0.25, 0.3) is 0 Å². The molecule has 1 unspecified atom stereocenters. The lowest BCUT2D eigenvalue weighted by atomic mass is 9.90. The zero-order valence-electron chi connectivity index (χ0n) is 14.4. The molecule has 0 aliphatic carbocycles. The van der Waals surface area contributed by atoms with Crippen LogP contribution in [0.2, 0.25) is 5.02 Å². The monoisotopic (exact) mass is 361 g/mol. The minimum atomic E-state index is 0.00529. The Bertz CT molecular complexity index is 729. The highest BCUT2D eigenvalue weighted by Crippen LogP contribution is 2.28. The summed E-state index contributed by atoms with van der Waals surface area (Å²) in [4.78, 5) is 14.3. The minimum Gasteiger partial charge on any atom is -0.459 e. The highest BCUT2D eigenvalue weighted by molar-refractivity contribution is 6.30. The molecule has 0 bridgehead atoms. The molecular weight excluding hydrogens is 338 g/mol. The number of halogens is 1. The van der Waals surface area contributed by atoms with E-state index in [0.717, 1.165) is 36.6 Å². The van der Waals surface area contributed by atoms with Crippen molar-refractivity contribution in [3.63, 3.8) is 0 Å². The molecule has 1 aromatic heterocycles. The van der Waals surface area contributed by atoms with Crippen LogP contribution in [0.15, 0.2) is 40.8 Å². The molecule has 5 nitrogen and oxygen atoms in total. The van der Waals surface area contributed by atoms with Gasteiger partial charge in [-0.3, -0.25) is 9.69 Å². The first-order valence-corrected chi connectivity index (χ1v) is 8.89. The van der Waals surface area contributed by atoms with Gasteiger partial charge in [-0.25, -0.2) is 0 Å². The summed E-state index contributed by atoms with van der Waals surface area (Å²) >= 11 is 5.90. The summed E-state index contributed by atoms with van der Waals surface area (Å²) in [5.41, 5.74) is 6.90. The number of carbonyl (C=O) groups excluding carboxylic acids is 1. The molecule has 1 aromatic carbocycles. The summed E-state index contributed by atoms with van der Waals surface area (Å²) in [5, 5.41) is 3.61. The van der Waals surface area contributed by atoms with Gasteiger partial charge >= 0.3 is 0 Å². The average Bonchev–Trinajstić information content (AvgIpc) is 3.21. The van der Waals surface area contributed by atoms with Crippen molar-refractivity contribution < 1.29 is 9.21 Å². The number of nitrogens with one attached hydrogen (secondary N) is 1. The third-order valence-corrected chi connectivity index (χ3v) is 5.00. The Morgan fingerprint density at radius 3 is 2.76 bits per heavy atom. The number of hydrogen-bond acceptors (Lipinski definition) is 4. The number of likely N-dealkylation sites (tertiary alicyclic amines) is 1. The van der Waals surface area contributed by atoms with E-state index in [4.69, 9.17) is 21.8 Å². The van der Waals surface area contributed by atoms with E-state index in [1.54, 1.807) is 0 Å². The van der Waals surface area contributed by atoms with Gasteiger partial charge in [0.1, 0.15) is 11.5 Å². The van der Waals surface area contributed by atoms with Crippen LogP contribution in [0.25, 0.3) is 11.3 Å². The molecule has 2 heterocycles. The second-order valence-electron chi connectivity index (χ2n) is 7.03. The first-order chi connectivity index (χ1) is 12.0. The lowest BCUT2D eigenvalue weighted by Crippen LogP contribution is -2.38. The Balaban J connectivity index is 1.49. The van der Waals surface area contributed by atoms with Crippen LogP contribution in [0.1, 0.15) is 19.1 Å². The summed E-state index contributed by atoms with van der Waals surface area (Å²) < 4.78 is 5.79. The van der Waals surface area contributed by atoms with Crippen LogP contribution >= 0.6 is 11.6 Å². The number of furan rings is 1. The minimum absolute atomic E-state index is 0.00529. The Kier molecular flexibility index (Phi) is 5.47. The van der Waals surface area contributed by atoms with Gasteiger partial charge in [-0.2, -0.15) is 0 Å². The van der Waals surface area contributed by atoms with Crippen molar-refractivity contribution >= 4 is 17.5 Å². The molecular formula is C19H24ClN3O2. The number of nitrogens with zero attached hydrogens (tertiary/aromatic N) is 1. The number of carbonyl (C=O) groups is 1. The van der Waals surface area contributed by atoms with Crippen LogP contribution in [-0.2, 0) is 11.3 Å². The van der Waals surface area contributed by atoms with E-state index in [1.807, 2.05) is 36.4 Å². The van der Waals surface area contributed by atoms with E-state index in [1.165, 1.54) is 0 Å². The Morgan fingerprint density at radius 2 is 2.08 bits per heavy atom. The number of amides is 1. The first kappa shape index (κ1) is 18.0. The molecule has 6 heteroatoms. The van der Waals surface area contributed by atoms with Crippen molar-refractivity contribution in [2.45, 2.75) is 19.9 Å². The average molecular weight is 362 g/mol. The van der Waals surface area contributed by atoms with Gasteiger partial charge in [0.05, 0.1) is 13.1 Å². The normalized spacial score (nSPS) is 20.8. The molecule has 1 fully saturated rings. The molecule has 1 saturated heterocycles. The summed E-state index contributed by atoms with van der Waals surface area (Å²) in [6.45, 7) is 5.41. The molecule has 0 spiro atoms. The molecule has 3 rings (SSSR count). The Hall–Kier alpha value is -1.82. The van der Waals surface area contributed by atoms with E-state index < -0.39 is 0 Å². The highest BCUT2D eigenvalue weighted by atomic mass is 35.5. The summed E-state index contributed by atoms with van der Waals surface area (Å²) in [6, 6.07) is 11.2. The molecule has 1 amide bonds. The number of nitrogens with two attached hydrogens (primary N) is 1. The van der Waals surface area contributed by atoms with Crippen molar-refractivity contribution in [2.75, 3.05) is 26.2 Å². The second kappa shape index (κ2) is 7.60. The molecule has 25 heavy (non-hydrogen) atoms. The van der Waals surface area contributed by atoms with Crippen LogP contribution in [0.4, 0.5) is 0 Å². The molecule has 0 saturated carbocycles. The lowest BCUT2D eigenvalue weighted by Gasteiger charge is -2.22. The van der Waals surface area contributed by atoms with Gasteiger partial charge in [0.15, 0.2) is 0 Å². The summed E-state index contributed by atoms with van der Waals surface area (Å²) in [7, 11) is 0. The predicted molar refractivity (Wildman–Crippen MR) is 99.2 cm³/mol. The topological polar surface area (TPSA) is 71.5 Å². The summed E-state index contributed by atoms with van der Waals surface area (Å²) in [5.74, 6) is 1.50. The Morgan fingerprint density at radius 1 is 1.32 bits per heavy atom. The quantitative estimate of drug-likeness (QED) is 0.829. The molecule has 134 valence electrons. The van der Waals surface area contributed by atoms with Crippen LogP contribution in [0.3, 0.4) is 0 Å². The van der Waals surface area contributed by atoms with Crippen LogP contribution < -0.4 is 11.1 Å². The van der Waals surface area contributed by atoms with Crippen LogP contribution in [-0.4, -0.2) is 37.0 Å². The highest BCUT2D eigenvalue weighted by Gasteiger charge is 2.33. The standard InChI is InChI=1S/C19H24ClN3O2/c1-19(12-21)8-9-23(13-19)11-18(24)22-10-16-6-7-17(25-16)14-2-4-15(20)5-3-14/h2-7H,8-13,21H2,1H3,(H,22,24). The lowest BCUT2D eigenvalue weighted by molar-refractivity contribution is -0.122. The van der Waals surface area contributed by atoms with Crippen LogP contribution in [0.5, 0.6) is 0 Å². The molecule has 0 radical (unpaired) electrons. The van der Waals surface area contributed by atoms with Crippen molar-refractivity contribution in [1.29, 1.82) is 0 Å². The molecule has 1 atom stereocenters. The number of rotatable bonds is 6. The molecule has 1 aliphatic rings. The van der Waals surface area contributed by atoms with Crippen molar-refractivity contribution in [3.05, 3.63) is 47.2 Å². The molecule has 3 N–H and O–H groups in total. The van der Waals surface area contributed by atoms with Gasteiger partial charge in [-0.1, -0.05) is 18.5 Å². The fourth-order valence-corrected chi connectivity index (χ4v) is 3.24. The van der Waals surface area contributed by atoms with Gasteiger partial charge in [0.2, 0.25) is 5.91 Å². The Labute approximate surface area is 153 Å². The predicted octanol–water partition coefficient (Wildman–Crippen LogP) is 2.89. The second-order valence-corrected chi connectivity index (χ2v) is 7.46. The van der Waals surface area contributed by atoms with Gasteiger partial charge in [-0.15, -0.1) is 0 Å². The molecule has 2 aromatic rings. The number of benzene rings is 1. The number of hydrogen-bond donors (Lipinski definition) is 2. The van der Waals surface area contributed by atoms with Crippen molar-refractivity contribution in [1.82, 2.24) is 10.2 Å². The van der Waals surface area contributed by atoms with Gasteiger partial charge in [-0.05, 0) is 61.3 Å². The maximum absolute atomic E-state index is 12.1. The van der Waals surface area contributed by atoms with E-state index in [2.05, 4.69) is 17.1 Å². The van der Waals surface area contributed by atoms with Gasteiger partial charge in [0, 0.05) is 17.1 Å². The van der Waals surface area contributed by atoms with Crippen molar-refractivity contribution in [3.8, 4) is 11.3 Å². The summed E-state index contributed by atoms with van der Waals surface area (Å²) in [6.07, 6.45) is 1.04. The smallest absolute Gasteiger partial charge is 0.234 e. The van der Waals surface area contributed by atoms with E-state index >= 15 is 0 Å². The zero-order chi connectivity index (χ0) is 17.9. The van der Waals surface area contributed by atoms with Crippen LogP contribution in [0, 0.1) is 5.41 Å². The van der Waals surface area contributed by atoms with Gasteiger partial charge < -0.3 is 15.5 Å². The largest absolute Gasteiger partial charge is 0.459 e. The maximum Gasteiger partial charge on any atom is 0.234 e. The van der Waals surface area contributed by atoms with Crippen molar-refractivity contribution in [2.24, 2.45) is 11.1 Å². The fourth-order valence-electron chi connectivity index (χ4n) is 3.11.